The number of piperidine rings is 2. The van der Waals surface area contributed by atoms with Crippen molar-refractivity contribution in [2.75, 3.05) is 0 Å². The van der Waals surface area contributed by atoms with Crippen molar-refractivity contribution in [3.8, 4) is 11.1 Å². The summed E-state index contributed by atoms with van der Waals surface area (Å²) in [7, 11) is 0. The van der Waals surface area contributed by atoms with Gasteiger partial charge in [0.1, 0.15) is 5.82 Å². The quantitative estimate of drug-likeness (QED) is 0.458. The summed E-state index contributed by atoms with van der Waals surface area (Å²) in [6.45, 7) is 17.9. The van der Waals surface area contributed by atoms with E-state index in [-0.39, 0.29) is 33.9 Å². The van der Waals surface area contributed by atoms with Gasteiger partial charge in [-0.15, -0.1) is 0 Å². The standard InChI is InChI=1S/C30H42ClFN2/c1-27(2)15-21(16-28(3,4)33-27)19-9-11-23(25(31)13-19)20-10-12-24(26(32)14-20)22-17-29(5,6)34-30(7,8)18-22/h9-14,21-22,33-34H,15-18H2,1-8H3. The first kappa shape index (κ1) is 25.7. The van der Waals surface area contributed by atoms with Gasteiger partial charge in [-0.3, -0.25) is 0 Å². The third kappa shape index (κ3) is 5.69. The van der Waals surface area contributed by atoms with E-state index in [0.717, 1.165) is 42.4 Å². The van der Waals surface area contributed by atoms with Crippen LogP contribution in [0.3, 0.4) is 0 Å². The Morgan fingerprint density at radius 2 is 1.21 bits per heavy atom. The van der Waals surface area contributed by atoms with Crippen molar-refractivity contribution in [2.24, 2.45) is 0 Å². The second kappa shape index (κ2) is 8.61. The van der Waals surface area contributed by atoms with Gasteiger partial charge in [0.25, 0.3) is 0 Å². The monoisotopic (exact) mass is 484 g/mol. The first-order valence-corrected chi connectivity index (χ1v) is 13.1. The highest BCUT2D eigenvalue weighted by Crippen LogP contribution is 2.43. The summed E-state index contributed by atoms with van der Waals surface area (Å²) in [5.41, 5.74) is 3.95. The van der Waals surface area contributed by atoms with Gasteiger partial charge >= 0.3 is 0 Å². The van der Waals surface area contributed by atoms with E-state index in [2.05, 4.69) is 84.2 Å². The zero-order valence-electron chi connectivity index (χ0n) is 22.2. The van der Waals surface area contributed by atoms with Crippen molar-refractivity contribution >= 4 is 11.6 Å². The number of nitrogens with one attached hydrogen (secondary N) is 2. The van der Waals surface area contributed by atoms with E-state index in [1.807, 2.05) is 12.1 Å². The molecule has 2 fully saturated rings. The van der Waals surface area contributed by atoms with Crippen LogP contribution in [0.25, 0.3) is 11.1 Å². The van der Waals surface area contributed by atoms with Crippen LogP contribution in [0.1, 0.15) is 104 Å². The molecule has 0 unspecified atom stereocenters. The first-order chi connectivity index (χ1) is 15.5. The lowest BCUT2D eigenvalue weighted by Gasteiger charge is -2.47. The minimum absolute atomic E-state index is 0.0194. The Hall–Kier alpha value is -1.42. The Morgan fingerprint density at radius 3 is 1.68 bits per heavy atom. The molecule has 0 amide bonds. The van der Waals surface area contributed by atoms with Gasteiger partial charge < -0.3 is 10.6 Å². The second-order valence-corrected chi connectivity index (χ2v) is 13.9. The van der Waals surface area contributed by atoms with Crippen LogP contribution in [-0.4, -0.2) is 22.2 Å². The second-order valence-electron chi connectivity index (χ2n) is 13.5. The number of hydrogen-bond acceptors (Lipinski definition) is 2. The van der Waals surface area contributed by atoms with E-state index in [9.17, 15) is 0 Å². The fraction of sp³-hybridized carbons (Fsp3) is 0.600. The third-order valence-corrected chi connectivity index (χ3v) is 7.91. The molecule has 0 bridgehead atoms. The maximum absolute atomic E-state index is 15.4. The molecule has 0 spiro atoms. The van der Waals surface area contributed by atoms with Crippen molar-refractivity contribution in [2.45, 2.75) is 115 Å². The smallest absolute Gasteiger partial charge is 0.127 e. The number of halogens is 2. The minimum Gasteiger partial charge on any atom is -0.307 e. The largest absolute Gasteiger partial charge is 0.307 e. The van der Waals surface area contributed by atoms with Crippen molar-refractivity contribution in [3.05, 3.63) is 58.4 Å². The number of rotatable bonds is 3. The Bertz CT molecular complexity index is 1040. The normalized spacial score (nSPS) is 24.2. The van der Waals surface area contributed by atoms with Crippen molar-refractivity contribution in [1.82, 2.24) is 10.6 Å². The third-order valence-electron chi connectivity index (χ3n) is 7.60. The average Bonchev–Trinajstić information content (AvgIpc) is 2.62. The van der Waals surface area contributed by atoms with Crippen LogP contribution in [0, 0.1) is 5.82 Å². The Balaban J connectivity index is 1.59. The summed E-state index contributed by atoms with van der Waals surface area (Å²) in [5, 5.41) is 8.14. The molecule has 0 aromatic heterocycles. The van der Waals surface area contributed by atoms with Crippen LogP contribution in [0.15, 0.2) is 36.4 Å². The van der Waals surface area contributed by atoms with Crippen LogP contribution in [-0.2, 0) is 0 Å². The highest BCUT2D eigenvalue weighted by atomic mass is 35.5. The van der Waals surface area contributed by atoms with Crippen LogP contribution in [0.5, 0.6) is 0 Å². The molecule has 186 valence electrons. The number of hydrogen-bond donors (Lipinski definition) is 2. The Labute approximate surface area is 211 Å². The molecule has 2 aliphatic rings. The molecule has 0 radical (unpaired) electrons. The molecule has 4 heteroatoms. The van der Waals surface area contributed by atoms with Crippen molar-refractivity contribution < 1.29 is 4.39 Å². The summed E-state index contributed by atoms with van der Waals surface area (Å²) in [4.78, 5) is 0. The zero-order chi connectivity index (χ0) is 25.1. The first-order valence-electron chi connectivity index (χ1n) is 12.7. The fourth-order valence-electron chi connectivity index (χ4n) is 7.15. The van der Waals surface area contributed by atoms with E-state index in [1.54, 1.807) is 6.07 Å². The zero-order valence-corrected chi connectivity index (χ0v) is 23.0. The molecule has 0 saturated carbocycles. The van der Waals surface area contributed by atoms with Gasteiger partial charge in [0.05, 0.1) is 0 Å². The Kier molecular flexibility index (Phi) is 6.50. The lowest BCUT2D eigenvalue weighted by Crippen LogP contribution is -2.57. The van der Waals surface area contributed by atoms with Crippen LogP contribution in [0.4, 0.5) is 4.39 Å². The molecule has 2 heterocycles. The van der Waals surface area contributed by atoms with Gasteiger partial charge in [0.2, 0.25) is 0 Å². The predicted octanol–water partition coefficient (Wildman–Crippen LogP) is 8.19. The summed E-state index contributed by atoms with van der Waals surface area (Å²) in [6, 6.07) is 12.1. The van der Waals surface area contributed by atoms with Crippen LogP contribution in [0.2, 0.25) is 5.02 Å². The lowest BCUT2D eigenvalue weighted by molar-refractivity contribution is 0.160. The van der Waals surface area contributed by atoms with E-state index in [0.29, 0.717) is 10.9 Å². The SMILES string of the molecule is CC1(C)CC(c2ccc(-c3ccc(C4CC(C)(C)NC(C)(C)C4)c(F)c3)c(Cl)c2)CC(C)(C)N1. The highest BCUT2D eigenvalue weighted by molar-refractivity contribution is 6.33. The summed E-state index contributed by atoms with van der Waals surface area (Å²) in [6.07, 6.45) is 3.98. The highest BCUT2D eigenvalue weighted by Gasteiger charge is 2.40. The van der Waals surface area contributed by atoms with Gasteiger partial charge in [0, 0.05) is 32.7 Å². The predicted molar refractivity (Wildman–Crippen MR) is 143 cm³/mol. The number of benzene rings is 2. The van der Waals surface area contributed by atoms with Gasteiger partial charge in [-0.05, 0) is 122 Å². The Morgan fingerprint density at radius 1 is 0.706 bits per heavy atom. The summed E-state index contributed by atoms with van der Waals surface area (Å²) in [5.74, 6) is 0.520. The molecular weight excluding hydrogens is 443 g/mol. The topological polar surface area (TPSA) is 24.1 Å². The van der Waals surface area contributed by atoms with Gasteiger partial charge in [-0.25, -0.2) is 4.39 Å². The summed E-state index contributed by atoms with van der Waals surface area (Å²) < 4.78 is 15.4. The van der Waals surface area contributed by atoms with E-state index < -0.39 is 0 Å². The van der Waals surface area contributed by atoms with Crippen LogP contribution < -0.4 is 10.6 Å². The minimum atomic E-state index is -0.127. The molecule has 4 rings (SSSR count). The molecule has 0 aliphatic carbocycles. The van der Waals surface area contributed by atoms with E-state index in [4.69, 9.17) is 11.6 Å². The summed E-state index contributed by atoms with van der Waals surface area (Å²) >= 11 is 6.79. The van der Waals surface area contributed by atoms with Crippen molar-refractivity contribution in [3.63, 3.8) is 0 Å². The average molecular weight is 485 g/mol. The van der Waals surface area contributed by atoms with Gasteiger partial charge in [-0.2, -0.15) is 0 Å². The van der Waals surface area contributed by atoms with Gasteiger partial charge in [-0.1, -0.05) is 35.9 Å². The van der Waals surface area contributed by atoms with E-state index >= 15 is 4.39 Å². The van der Waals surface area contributed by atoms with Crippen LogP contribution >= 0.6 is 11.6 Å². The molecule has 34 heavy (non-hydrogen) atoms. The molecule has 2 nitrogen and oxygen atoms in total. The van der Waals surface area contributed by atoms with Gasteiger partial charge in [0.15, 0.2) is 0 Å². The lowest BCUT2D eigenvalue weighted by atomic mass is 9.73. The molecule has 2 aliphatic heterocycles. The molecule has 2 aromatic rings. The molecule has 2 saturated heterocycles. The molecule has 2 N–H and O–H groups in total. The maximum Gasteiger partial charge on any atom is 0.127 e. The molecule has 2 aromatic carbocycles. The fourth-order valence-corrected chi connectivity index (χ4v) is 7.44. The maximum atomic E-state index is 15.4. The molecule has 0 atom stereocenters. The van der Waals surface area contributed by atoms with Crippen molar-refractivity contribution in [1.29, 1.82) is 0 Å². The molecular formula is C30H42ClFN2. The van der Waals surface area contributed by atoms with E-state index in [1.165, 1.54) is 5.56 Å².